The van der Waals surface area contributed by atoms with Gasteiger partial charge in [-0.25, -0.2) is 0 Å². The second-order valence-corrected chi connectivity index (χ2v) is 3.45. The number of carbonyl (C=O) groups is 1. The molecule has 1 aliphatic rings. The van der Waals surface area contributed by atoms with Crippen LogP contribution >= 0.6 is 11.8 Å². The topological polar surface area (TPSA) is 87.6 Å². The fraction of sp³-hybridized carbons (Fsp3) is 0.800. The van der Waals surface area contributed by atoms with Crippen LogP contribution in [0.4, 0.5) is 0 Å². The third kappa shape index (κ3) is 1.78. The van der Waals surface area contributed by atoms with Crippen molar-refractivity contribution in [2.75, 3.05) is 5.75 Å². The van der Waals surface area contributed by atoms with Crippen LogP contribution in [0.1, 0.15) is 6.42 Å². The lowest BCUT2D eigenvalue weighted by atomic mass is 10.2. The van der Waals surface area contributed by atoms with Gasteiger partial charge in [-0.1, -0.05) is 0 Å². The van der Waals surface area contributed by atoms with Crippen molar-refractivity contribution in [1.29, 1.82) is 5.53 Å². The maximum absolute atomic E-state index is 10.5. The van der Waals surface area contributed by atoms with Gasteiger partial charge in [-0.15, -0.1) is 11.8 Å². The molecule has 0 spiro atoms. The number of nitrogens with one attached hydrogen (secondary N) is 1. The lowest BCUT2D eigenvalue weighted by Crippen LogP contribution is -2.24. The summed E-state index contributed by atoms with van der Waals surface area (Å²) in [6, 6.07) is -0.296. The van der Waals surface area contributed by atoms with Gasteiger partial charge < -0.3 is 5.11 Å². The lowest BCUT2D eigenvalue weighted by Gasteiger charge is -2.01. The Balaban J connectivity index is 2.64. The number of hydrogen-bond donors (Lipinski definition) is 2. The Labute approximate surface area is 67.4 Å². The minimum absolute atomic E-state index is 0.296. The molecule has 60 valence electrons. The molecule has 0 amide bonds. The van der Waals surface area contributed by atoms with E-state index in [1.54, 1.807) is 0 Å². The highest BCUT2D eigenvalue weighted by Crippen LogP contribution is 2.28. The van der Waals surface area contributed by atoms with Crippen LogP contribution < -0.4 is 4.91 Å². The average Bonchev–Trinajstić information content (AvgIpc) is 2.36. The highest BCUT2D eigenvalue weighted by Gasteiger charge is 2.37. The molecule has 2 N–H and O–H groups in total. The van der Waals surface area contributed by atoms with Gasteiger partial charge in [-0.05, 0) is 12.2 Å². The molecule has 0 aromatic rings. The molecule has 0 aliphatic carbocycles. The Morgan fingerprint density at radius 3 is 3.09 bits per heavy atom. The maximum Gasteiger partial charge on any atom is 0.319 e. The van der Waals surface area contributed by atoms with E-state index in [1.807, 2.05) is 0 Å². The van der Waals surface area contributed by atoms with E-state index < -0.39 is 11.2 Å². The van der Waals surface area contributed by atoms with Gasteiger partial charge in [0, 0.05) is 0 Å². The zero-order valence-electron chi connectivity index (χ0n) is 5.73. The minimum Gasteiger partial charge on any atom is -0.480 e. The van der Waals surface area contributed by atoms with Gasteiger partial charge in [0.1, 0.15) is 15.9 Å². The summed E-state index contributed by atoms with van der Waals surface area (Å²) in [4.78, 5) is 13.4. The highest BCUT2D eigenvalue weighted by atomic mass is 32.2. The molecule has 0 aromatic heterocycles. The average molecular weight is 174 g/mol. The monoisotopic (exact) mass is 174 g/mol. The van der Waals surface area contributed by atoms with E-state index in [9.17, 15) is 4.79 Å². The Morgan fingerprint density at radius 1 is 1.82 bits per heavy atom. The Kier molecular flexibility index (Phi) is 2.62. The number of rotatable bonds is 2. The molecule has 0 saturated carbocycles. The van der Waals surface area contributed by atoms with E-state index in [0.29, 0.717) is 6.42 Å². The van der Waals surface area contributed by atoms with Crippen molar-refractivity contribution in [1.82, 2.24) is 4.91 Å². The van der Waals surface area contributed by atoms with Crippen molar-refractivity contribution in [3.63, 3.8) is 0 Å². The number of thioether (sulfide) groups is 1. The van der Waals surface area contributed by atoms with Crippen molar-refractivity contribution in [3.05, 3.63) is 0 Å². The molecule has 11 heavy (non-hydrogen) atoms. The quantitative estimate of drug-likeness (QED) is 0.472. The molecule has 1 heterocycles. The van der Waals surface area contributed by atoms with Crippen LogP contribution in [0.3, 0.4) is 0 Å². The predicted octanol–water partition coefficient (Wildman–Crippen LogP) is 0.495. The molecule has 1 saturated heterocycles. The molecule has 1 rings (SSSR count). The summed E-state index contributed by atoms with van der Waals surface area (Å²) in [6.07, 6.45) is 0.712. The van der Waals surface area contributed by atoms with Crippen LogP contribution in [0.15, 0.2) is 5.11 Å². The standard InChI is InChI=1S/C5H7N3O2S/c6-8-7-3-1-2-11-4(3)5(9)10/h3-4,6H,1-2H2/p+1. The van der Waals surface area contributed by atoms with Crippen LogP contribution in [0.25, 0.3) is 0 Å². The van der Waals surface area contributed by atoms with Crippen molar-refractivity contribution in [2.24, 2.45) is 5.11 Å². The van der Waals surface area contributed by atoms with Crippen LogP contribution in [0.5, 0.6) is 0 Å². The van der Waals surface area contributed by atoms with E-state index in [4.69, 9.17) is 10.6 Å². The van der Waals surface area contributed by atoms with Gasteiger partial charge in [0.25, 0.3) is 0 Å². The Hall–Kier alpha value is -0.870. The van der Waals surface area contributed by atoms with Gasteiger partial charge in [-0.2, -0.15) is 0 Å². The summed E-state index contributed by atoms with van der Waals surface area (Å²) < 4.78 is 0. The van der Waals surface area contributed by atoms with Crippen molar-refractivity contribution >= 4 is 17.7 Å². The van der Waals surface area contributed by atoms with Gasteiger partial charge >= 0.3 is 5.97 Å². The molecule has 0 bridgehead atoms. The van der Waals surface area contributed by atoms with Crippen LogP contribution in [0.2, 0.25) is 0 Å². The van der Waals surface area contributed by atoms with Crippen molar-refractivity contribution in [3.8, 4) is 0 Å². The summed E-state index contributed by atoms with van der Waals surface area (Å²) in [7, 11) is 0. The number of hydrogen-bond acceptors (Lipinski definition) is 4. The van der Waals surface area contributed by atoms with Crippen molar-refractivity contribution < 1.29 is 9.90 Å². The molecule has 5 nitrogen and oxygen atoms in total. The summed E-state index contributed by atoms with van der Waals surface area (Å²) in [5, 5.41) is 11.6. The first-order chi connectivity index (χ1) is 5.25. The Morgan fingerprint density at radius 2 is 2.55 bits per heavy atom. The molecule has 2 atom stereocenters. The van der Waals surface area contributed by atoms with E-state index in [0.717, 1.165) is 5.75 Å². The molecular formula is C5H8N3O2S+. The normalized spacial score (nSPS) is 29.5. The number of nitrogens with zero attached hydrogens (tertiary/aromatic N) is 2. The molecule has 0 radical (unpaired) electrons. The van der Waals surface area contributed by atoms with Crippen LogP contribution in [0, 0.1) is 5.53 Å². The van der Waals surface area contributed by atoms with Gasteiger partial charge in [0.2, 0.25) is 4.91 Å². The summed E-state index contributed by atoms with van der Waals surface area (Å²) in [6.45, 7) is 0. The van der Waals surface area contributed by atoms with E-state index in [1.165, 1.54) is 11.8 Å². The fourth-order valence-electron chi connectivity index (χ4n) is 1.01. The van der Waals surface area contributed by atoms with Gasteiger partial charge in [0.05, 0.1) is 0 Å². The number of aliphatic carboxylic acids is 1. The molecular weight excluding hydrogens is 166 g/mol. The van der Waals surface area contributed by atoms with Crippen LogP contribution in [-0.4, -0.2) is 28.1 Å². The van der Waals surface area contributed by atoms with Gasteiger partial charge in [-0.3, -0.25) is 4.79 Å². The first-order valence-corrected chi connectivity index (χ1v) is 4.21. The highest BCUT2D eigenvalue weighted by molar-refractivity contribution is 8.00. The van der Waals surface area contributed by atoms with Crippen LogP contribution in [-0.2, 0) is 4.79 Å². The molecule has 1 fully saturated rings. The van der Waals surface area contributed by atoms with Crippen molar-refractivity contribution in [2.45, 2.75) is 17.7 Å². The third-order valence-corrected chi connectivity index (χ3v) is 2.86. The smallest absolute Gasteiger partial charge is 0.319 e. The number of carboxylic acids is 1. The molecule has 0 aromatic carbocycles. The molecule has 2 unspecified atom stereocenters. The third-order valence-electron chi connectivity index (χ3n) is 1.51. The first-order valence-electron chi connectivity index (χ1n) is 3.16. The summed E-state index contributed by atoms with van der Waals surface area (Å²) in [5.74, 6) is -0.0643. The minimum atomic E-state index is -0.857. The summed E-state index contributed by atoms with van der Waals surface area (Å²) in [5.41, 5.74) is 6.45. The zero-order valence-corrected chi connectivity index (χ0v) is 6.54. The summed E-state index contributed by atoms with van der Waals surface area (Å²) >= 11 is 1.36. The first kappa shape index (κ1) is 8.23. The van der Waals surface area contributed by atoms with E-state index >= 15 is 0 Å². The SMILES string of the molecule is N=[N+]=NC1CCSC1C(=O)O. The maximum atomic E-state index is 10.5. The largest absolute Gasteiger partial charge is 0.480 e. The number of carboxylic acid groups (broad SMARTS) is 1. The predicted molar refractivity (Wildman–Crippen MR) is 39.6 cm³/mol. The second kappa shape index (κ2) is 3.50. The van der Waals surface area contributed by atoms with E-state index in [-0.39, 0.29) is 6.04 Å². The second-order valence-electron chi connectivity index (χ2n) is 2.20. The Bertz CT molecular complexity index is 206. The zero-order chi connectivity index (χ0) is 8.27. The molecule has 6 heteroatoms. The molecule has 1 aliphatic heterocycles. The van der Waals surface area contributed by atoms with E-state index in [2.05, 4.69) is 10.0 Å². The fourth-order valence-corrected chi connectivity index (χ4v) is 2.19. The van der Waals surface area contributed by atoms with Gasteiger partial charge in [0.15, 0.2) is 6.04 Å². The lowest BCUT2D eigenvalue weighted by molar-refractivity contribution is -0.136.